The number of nitrogens with one attached hydrogen (secondary N) is 3. The maximum Gasteiger partial charge on any atom is 0.326 e. The van der Waals surface area contributed by atoms with E-state index in [1.807, 2.05) is 24.3 Å². The maximum atomic E-state index is 12.3. The summed E-state index contributed by atoms with van der Waals surface area (Å²) >= 11 is 0.856. The fourth-order valence-corrected chi connectivity index (χ4v) is 3.70. The first-order valence-electron chi connectivity index (χ1n) is 10.1. The number of carbonyl (C=O) groups is 5. The molecule has 0 aliphatic carbocycles. The van der Waals surface area contributed by atoms with Gasteiger partial charge in [-0.1, -0.05) is 24.3 Å². The van der Waals surface area contributed by atoms with E-state index < -0.39 is 35.0 Å². The van der Waals surface area contributed by atoms with Crippen molar-refractivity contribution >= 4 is 52.5 Å². The molecule has 1 atom stereocenters. The van der Waals surface area contributed by atoms with Crippen LogP contribution in [0.15, 0.2) is 53.4 Å². The minimum atomic E-state index is -1.30. The Kier molecular flexibility index (Phi) is 8.04. The topological polar surface area (TPSA) is 162 Å². The molecule has 1 heterocycles. The molecule has 2 aromatic rings. The number of carboxylic acid groups (broad SMARTS) is 2. The average Bonchev–Trinajstić information content (AvgIpc) is 3.12. The first kappa shape index (κ1) is 24.5. The van der Waals surface area contributed by atoms with Crippen LogP contribution >= 0.6 is 11.8 Å². The second-order valence-corrected chi connectivity index (χ2v) is 8.34. The van der Waals surface area contributed by atoms with Crippen LogP contribution in [0.1, 0.15) is 34.3 Å². The fraction of sp³-hybridized carbons (Fsp3) is 0.174. The zero-order valence-electron chi connectivity index (χ0n) is 17.7. The molecule has 5 N–H and O–H groups in total. The number of rotatable bonds is 10. The van der Waals surface area contributed by atoms with E-state index in [0.29, 0.717) is 11.4 Å². The van der Waals surface area contributed by atoms with Gasteiger partial charge in [0.25, 0.3) is 17.1 Å². The first-order chi connectivity index (χ1) is 16.2. The number of hydrogen-bond donors (Lipinski definition) is 5. The summed E-state index contributed by atoms with van der Waals surface area (Å²) < 4.78 is 0. The highest BCUT2D eigenvalue weighted by Crippen LogP contribution is 2.26. The smallest absolute Gasteiger partial charge is 0.326 e. The van der Waals surface area contributed by atoms with E-state index in [2.05, 4.69) is 16.0 Å². The molecule has 0 radical (unpaired) electrons. The molecule has 0 saturated carbocycles. The summed E-state index contributed by atoms with van der Waals surface area (Å²) in [7, 11) is 0. The molecule has 10 nitrogen and oxygen atoms in total. The van der Waals surface area contributed by atoms with Gasteiger partial charge >= 0.3 is 11.9 Å². The maximum absolute atomic E-state index is 12.3. The largest absolute Gasteiger partial charge is 0.481 e. The van der Waals surface area contributed by atoms with Crippen LogP contribution in [0, 0.1) is 0 Å². The summed E-state index contributed by atoms with van der Waals surface area (Å²) in [5.74, 6) is -3.44. The lowest BCUT2D eigenvalue weighted by molar-refractivity contribution is -0.140. The SMILES string of the molecule is O=C(O)CC[C@H](NC(=O)c1ccc(CNc2ccc(/C=C3\SC(=O)NC3=O)cc2)cc1)C(=O)O. The van der Waals surface area contributed by atoms with Crippen LogP contribution in [0.3, 0.4) is 0 Å². The predicted octanol–water partition coefficient (Wildman–Crippen LogP) is 2.67. The Bertz CT molecular complexity index is 1140. The molecule has 0 spiro atoms. The number of anilines is 1. The van der Waals surface area contributed by atoms with Gasteiger partial charge in [-0.15, -0.1) is 0 Å². The molecule has 2 aromatic carbocycles. The lowest BCUT2D eigenvalue weighted by atomic mass is 10.1. The predicted molar refractivity (Wildman–Crippen MR) is 125 cm³/mol. The monoisotopic (exact) mass is 483 g/mol. The van der Waals surface area contributed by atoms with E-state index in [1.54, 1.807) is 30.3 Å². The summed E-state index contributed by atoms with van der Waals surface area (Å²) in [5, 5.41) is 25.2. The third-order valence-corrected chi connectivity index (χ3v) is 5.62. The average molecular weight is 484 g/mol. The Morgan fingerprint density at radius 3 is 2.24 bits per heavy atom. The van der Waals surface area contributed by atoms with Gasteiger partial charge in [0.15, 0.2) is 0 Å². The van der Waals surface area contributed by atoms with Crippen molar-refractivity contribution in [3.63, 3.8) is 0 Å². The van der Waals surface area contributed by atoms with Crippen LogP contribution in [0.2, 0.25) is 0 Å². The molecule has 1 fully saturated rings. The molecule has 34 heavy (non-hydrogen) atoms. The minimum Gasteiger partial charge on any atom is -0.481 e. The van der Waals surface area contributed by atoms with Crippen molar-refractivity contribution in [2.75, 3.05) is 5.32 Å². The molecule has 3 rings (SSSR count). The van der Waals surface area contributed by atoms with Crippen LogP contribution in [-0.4, -0.2) is 45.2 Å². The second kappa shape index (κ2) is 11.1. The van der Waals surface area contributed by atoms with Gasteiger partial charge in [-0.05, 0) is 59.7 Å². The number of benzene rings is 2. The molecule has 0 bridgehead atoms. The number of hydrogen-bond acceptors (Lipinski definition) is 7. The Morgan fingerprint density at radius 2 is 1.68 bits per heavy atom. The minimum absolute atomic E-state index is 0.210. The van der Waals surface area contributed by atoms with Crippen LogP contribution in [0.4, 0.5) is 10.5 Å². The summed E-state index contributed by atoms with van der Waals surface area (Å²) in [6.07, 6.45) is 1.06. The molecule has 3 amide bonds. The van der Waals surface area contributed by atoms with Crippen molar-refractivity contribution in [3.8, 4) is 0 Å². The van der Waals surface area contributed by atoms with Gasteiger partial charge in [0.1, 0.15) is 6.04 Å². The van der Waals surface area contributed by atoms with Gasteiger partial charge < -0.3 is 20.8 Å². The molecule has 1 aliphatic heterocycles. The van der Waals surface area contributed by atoms with Crippen molar-refractivity contribution in [2.24, 2.45) is 0 Å². The molecule has 11 heteroatoms. The van der Waals surface area contributed by atoms with Crippen LogP contribution in [0.5, 0.6) is 0 Å². The van der Waals surface area contributed by atoms with Gasteiger partial charge in [-0.3, -0.25) is 24.5 Å². The highest BCUT2D eigenvalue weighted by atomic mass is 32.2. The van der Waals surface area contributed by atoms with Crippen molar-refractivity contribution in [1.82, 2.24) is 10.6 Å². The number of carbonyl (C=O) groups excluding carboxylic acids is 3. The van der Waals surface area contributed by atoms with E-state index in [0.717, 1.165) is 28.6 Å². The molecule has 1 saturated heterocycles. The zero-order valence-corrected chi connectivity index (χ0v) is 18.6. The summed E-state index contributed by atoms with van der Waals surface area (Å²) in [6.45, 7) is 0.464. The molecule has 0 aromatic heterocycles. The highest BCUT2D eigenvalue weighted by Gasteiger charge is 2.25. The highest BCUT2D eigenvalue weighted by molar-refractivity contribution is 8.18. The number of imide groups is 1. The van der Waals surface area contributed by atoms with Crippen molar-refractivity contribution in [1.29, 1.82) is 0 Å². The molecular weight excluding hydrogens is 462 g/mol. The van der Waals surface area contributed by atoms with Crippen molar-refractivity contribution in [3.05, 3.63) is 70.1 Å². The van der Waals surface area contributed by atoms with E-state index in [4.69, 9.17) is 10.2 Å². The molecule has 176 valence electrons. The normalized spacial score (nSPS) is 15.0. The lowest BCUT2D eigenvalue weighted by Gasteiger charge is -2.14. The number of carboxylic acids is 2. The molecule has 1 aliphatic rings. The summed E-state index contributed by atoms with van der Waals surface area (Å²) in [6, 6.07) is 12.6. The van der Waals surface area contributed by atoms with Crippen LogP contribution in [-0.2, 0) is 20.9 Å². The van der Waals surface area contributed by atoms with E-state index in [1.165, 1.54) is 0 Å². The number of thioether (sulfide) groups is 1. The lowest BCUT2D eigenvalue weighted by Crippen LogP contribution is -2.41. The summed E-state index contributed by atoms with van der Waals surface area (Å²) in [4.78, 5) is 57.4. The Labute approximate surface area is 198 Å². The zero-order chi connectivity index (χ0) is 24.7. The fourth-order valence-electron chi connectivity index (χ4n) is 3.01. The standard InChI is InChI=1S/C23H21N3O7S/c27-19(28)10-9-17(22(31)32)25-20(29)15-5-1-14(2-6-15)12-24-16-7-3-13(4-8-16)11-18-21(30)26-23(33)34-18/h1-8,11,17,24H,9-10,12H2,(H,25,29)(H,27,28)(H,31,32)(H,26,30,33)/b18-11-/t17-/m0/s1. The molecule has 0 unspecified atom stereocenters. The van der Waals surface area contributed by atoms with Gasteiger partial charge in [0, 0.05) is 24.2 Å². The Hall–Kier alpha value is -4.12. The third kappa shape index (κ3) is 6.94. The Morgan fingerprint density at radius 1 is 1.00 bits per heavy atom. The van der Waals surface area contributed by atoms with Crippen LogP contribution in [0.25, 0.3) is 6.08 Å². The molecular formula is C23H21N3O7S. The quantitative estimate of drug-likeness (QED) is 0.320. The van der Waals surface area contributed by atoms with E-state index >= 15 is 0 Å². The Balaban J connectivity index is 1.53. The third-order valence-electron chi connectivity index (χ3n) is 4.81. The van der Waals surface area contributed by atoms with E-state index in [9.17, 15) is 24.0 Å². The van der Waals surface area contributed by atoms with Crippen molar-refractivity contribution < 1.29 is 34.2 Å². The van der Waals surface area contributed by atoms with Gasteiger partial charge in [0.2, 0.25) is 0 Å². The van der Waals surface area contributed by atoms with Gasteiger partial charge in [-0.2, -0.15) is 0 Å². The van der Waals surface area contributed by atoms with Crippen molar-refractivity contribution in [2.45, 2.75) is 25.4 Å². The van der Waals surface area contributed by atoms with Crippen LogP contribution < -0.4 is 16.0 Å². The summed E-state index contributed by atoms with van der Waals surface area (Å²) in [5.41, 5.74) is 2.73. The number of aliphatic carboxylic acids is 2. The second-order valence-electron chi connectivity index (χ2n) is 7.32. The van der Waals surface area contributed by atoms with E-state index in [-0.39, 0.29) is 18.4 Å². The van der Waals surface area contributed by atoms with Gasteiger partial charge in [-0.25, -0.2) is 4.79 Å². The number of amides is 3. The van der Waals surface area contributed by atoms with Gasteiger partial charge in [0.05, 0.1) is 4.91 Å². The first-order valence-corrected chi connectivity index (χ1v) is 11.0.